The molecular formula is C27H27N3O7S. The van der Waals surface area contributed by atoms with Gasteiger partial charge in [0.15, 0.2) is 11.4 Å². The lowest BCUT2D eigenvalue weighted by Gasteiger charge is -2.50. The molecule has 3 aliphatic rings. The van der Waals surface area contributed by atoms with Gasteiger partial charge in [-0.3, -0.25) is 19.3 Å². The number of hydrogen-bond donors (Lipinski definition) is 5. The van der Waals surface area contributed by atoms with Crippen molar-refractivity contribution in [2.24, 2.45) is 17.6 Å². The summed E-state index contributed by atoms with van der Waals surface area (Å²) in [6.45, 7) is 1.89. The standard InChI is InChI=1S/C27H27N3O7S/c1-11-17(38-10-29-11)7-5-12-4-6-16(31)19-14(12)8-13-9-15-21(30(2)3)23(33)20(26(28)36)25(35)27(15,37)24(34)18(13)22(19)32/h4-7,10,13,15,21,31-32,35,37H,8-9H2,1-3H3,(H2,28,36)/b7-5+/t13-,15+,21+,27-/m1/s1. The highest BCUT2D eigenvalue weighted by atomic mass is 32.1. The van der Waals surface area contributed by atoms with Crippen LogP contribution in [0.2, 0.25) is 0 Å². The van der Waals surface area contributed by atoms with Gasteiger partial charge in [0.2, 0.25) is 5.78 Å². The van der Waals surface area contributed by atoms with Gasteiger partial charge in [0.25, 0.3) is 5.91 Å². The van der Waals surface area contributed by atoms with Crippen LogP contribution in [0.3, 0.4) is 0 Å². The number of benzene rings is 1. The second kappa shape index (κ2) is 8.90. The van der Waals surface area contributed by atoms with E-state index in [0.29, 0.717) is 11.1 Å². The molecule has 1 amide bonds. The smallest absolute Gasteiger partial charge is 0.255 e. The maximum atomic E-state index is 13.9. The van der Waals surface area contributed by atoms with Gasteiger partial charge in [-0.05, 0) is 63.0 Å². The van der Waals surface area contributed by atoms with Crippen molar-refractivity contribution in [3.8, 4) is 5.75 Å². The number of primary amides is 1. The van der Waals surface area contributed by atoms with Gasteiger partial charge in [0, 0.05) is 16.4 Å². The molecular weight excluding hydrogens is 510 g/mol. The number of aryl methyl sites for hydroxylation is 1. The topological polar surface area (TPSA) is 174 Å². The van der Waals surface area contributed by atoms with Gasteiger partial charge in [-0.1, -0.05) is 12.1 Å². The SMILES string of the molecule is Cc1ncsc1/C=C/c1ccc(O)c2c1C[C@@H]1C[C@H]3[C@H](N(C)C)C(=O)C(C(N)=O)=C(O)[C@]3(O)C(=O)C1=C2O. The summed E-state index contributed by atoms with van der Waals surface area (Å²) in [5.74, 6) is -6.68. The number of rotatable bonds is 4. The van der Waals surface area contributed by atoms with Crippen molar-refractivity contribution in [3.63, 3.8) is 0 Å². The van der Waals surface area contributed by atoms with Crippen LogP contribution in [-0.2, 0) is 20.8 Å². The molecule has 0 unspecified atom stereocenters. The number of ketones is 2. The van der Waals surface area contributed by atoms with Gasteiger partial charge in [-0.25, -0.2) is 4.98 Å². The van der Waals surface area contributed by atoms with Crippen LogP contribution in [0.1, 0.15) is 33.7 Å². The molecule has 1 aromatic heterocycles. The number of nitrogens with zero attached hydrogens (tertiary/aromatic N) is 2. The number of amides is 1. The molecule has 11 heteroatoms. The molecule has 3 aliphatic carbocycles. The van der Waals surface area contributed by atoms with Crippen molar-refractivity contribution < 1.29 is 34.8 Å². The van der Waals surface area contributed by atoms with Crippen LogP contribution in [0, 0.1) is 18.8 Å². The van der Waals surface area contributed by atoms with Gasteiger partial charge in [0.05, 0.1) is 22.8 Å². The lowest BCUT2D eigenvalue weighted by molar-refractivity contribution is -0.153. The summed E-state index contributed by atoms with van der Waals surface area (Å²) in [4.78, 5) is 45.8. The van der Waals surface area contributed by atoms with E-state index in [1.807, 2.05) is 19.1 Å². The number of aliphatic hydroxyl groups excluding tert-OH is 2. The molecule has 0 spiro atoms. The average Bonchev–Trinajstić information content (AvgIpc) is 3.25. The fraction of sp³-hybridized carbons (Fsp3) is 0.333. The van der Waals surface area contributed by atoms with E-state index in [0.717, 1.165) is 10.6 Å². The number of carbonyl (C=O) groups excluding carboxylic acids is 3. The predicted molar refractivity (Wildman–Crippen MR) is 140 cm³/mol. The number of carbonyl (C=O) groups is 3. The van der Waals surface area contributed by atoms with Crippen molar-refractivity contribution >= 4 is 46.7 Å². The minimum absolute atomic E-state index is 0.0402. The first-order valence-corrected chi connectivity index (χ1v) is 12.8. The quantitative estimate of drug-likeness (QED) is 0.365. The Hall–Kier alpha value is -3.80. The Morgan fingerprint density at radius 1 is 1.21 bits per heavy atom. The maximum Gasteiger partial charge on any atom is 0.255 e. The number of Topliss-reactive ketones (excluding diaryl/α,β-unsaturated/α-hetero) is 2. The lowest BCUT2D eigenvalue weighted by Crippen LogP contribution is -2.65. The minimum atomic E-state index is -2.65. The first-order valence-electron chi connectivity index (χ1n) is 12.0. The Morgan fingerprint density at radius 3 is 2.53 bits per heavy atom. The molecule has 5 rings (SSSR count). The highest BCUT2D eigenvalue weighted by Crippen LogP contribution is 2.53. The monoisotopic (exact) mass is 537 g/mol. The Kier molecular flexibility index (Phi) is 6.05. The van der Waals surface area contributed by atoms with Crippen molar-refractivity contribution in [2.75, 3.05) is 14.1 Å². The number of likely N-dealkylation sites (N-methyl/N-ethyl adjacent to an activating group) is 1. The number of thiazole rings is 1. The number of phenols is 1. The highest BCUT2D eigenvalue weighted by molar-refractivity contribution is 7.10. The van der Waals surface area contributed by atoms with Crippen LogP contribution in [0.15, 0.2) is 34.5 Å². The van der Waals surface area contributed by atoms with E-state index in [1.54, 1.807) is 25.7 Å². The zero-order valence-electron chi connectivity index (χ0n) is 20.9. The number of nitrogens with two attached hydrogens (primary N) is 1. The number of aromatic hydroxyl groups is 1. The minimum Gasteiger partial charge on any atom is -0.508 e. The first kappa shape index (κ1) is 25.8. The molecule has 0 radical (unpaired) electrons. The van der Waals surface area contributed by atoms with E-state index in [-0.39, 0.29) is 29.7 Å². The summed E-state index contributed by atoms with van der Waals surface area (Å²) < 4.78 is 0. The average molecular weight is 538 g/mol. The molecule has 0 bridgehead atoms. The molecule has 0 aliphatic heterocycles. The molecule has 2 aromatic rings. The second-order valence-corrected chi connectivity index (χ2v) is 11.0. The summed E-state index contributed by atoms with van der Waals surface area (Å²) in [5, 5.41) is 44.5. The number of fused-ring (bicyclic) bond motifs is 3. The van der Waals surface area contributed by atoms with Gasteiger partial charge in [-0.15, -0.1) is 11.3 Å². The van der Waals surface area contributed by atoms with Crippen LogP contribution in [0.4, 0.5) is 0 Å². The molecule has 1 saturated carbocycles. The Labute approximate surface area is 222 Å². The van der Waals surface area contributed by atoms with Crippen LogP contribution in [0.25, 0.3) is 17.9 Å². The van der Waals surface area contributed by atoms with E-state index in [4.69, 9.17) is 5.73 Å². The fourth-order valence-electron chi connectivity index (χ4n) is 6.06. The third-order valence-electron chi connectivity index (χ3n) is 7.84. The number of phenolic OH excluding ortho intramolecular Hbond substituents is 1. The summed E-state index contributed by atoms with van der Waals surface area (Å²) in [5.41, 5.74) is 5.66. The largest absolute Gasteiger partial charge is 0.508 e. The van der Waals surface area contributed by atoms with Crippen LogP contribution in [0.5, 0.6) is 5.75 Å². The van der Waals surface area contributed by atoms with Crippen molar-refractivity contribution in [3.05, 3.63) is 61.8 Å². The zero-order valence-corrected chi connectivity index (χ0v) is 21.7. The molecule has 1 fully saturated rings. The van der Waals surface area contributed by atoms with Gasteiger partial charge in [-0.2, -0.15) is 0 Å². The Balaban J connectivity index is 1.68. The predicted octanol–water partition coefficient (Wildman–Crippen LogP) is 1.90. The van der Waals surface area contributed by atoms with Gasteiger partial charge < -0.3 is 26.2 Å². The third kappa shape index (κ3) is 3.53. The van der Waals surface area contributed by atoms with E-state index in [1.165, 1.54) is 22.3 Å². The number of aliphatic hydroxyl groups is 3. The number of hydrogen-bond acceptors (Lipinski definition) is 10. The molecule has 1 aromatic carbocycles. The molecule has 10 nitrogen and oxygen atoms in total. The summed E-state index contributed by atoms with van der Waals surface area (Å²) in [7, 11) is 3.13. The van der Waals surface area contributed by atoms with Crippen LogP contribution < -0.4 is 5.73 Å². The van der Waals surface area contributed by atoms with E-state index in [2.05, 4.69) is 4.98 Å². The van der Waals surface area contributed by atoms with E-state index in [9.17, 15) is 34.8 Å². The first-order chi connectivity index (χ1) is 17.9. The molecule has 4 atom stereocenters. The summed E-state index contributed by atoms with van der Waals surface area (Å²) in [6.07, 6.45) is 4.00. The summed E-state index contributed by atoms with van der Waals surface area (Å²) >= 11 is 1.47. The highest BCUT2D eigenvalue weighted by Gasteiger charge is 2.64. The lowest BCUT2D eigenvalue weighted by atomic mass is 9.57. The molecule has 0 saturated heterocycles. The van der Waals surface area contributed by atoms with E-state index < -0.39 is 58.0 Å². The zero-order chi connectivity index (χ0) is 27.7. The van der Waals surface area contributed by atoms with Gasteiger partial charge in [0.1, 0.15) is 22.8 Å². The van der Waals surface area contributed by atoms with Gasteiger partial charge >= 0.3 is 0 Å². The molecule has 198 valence electrons. The van der Waals surface area contributed by atoms with E-state index >= 15 is 0 Å². The number of aromatic nitrogens is 1. The molecule has 6 N–H and O–H groups in total. The van der Waals surface area contributed by atoms with Crippen molar-refractivity contribution in [2.45, 2.75) is 31.4 Å². The fourth-order valence-corrected chi connectivity index (χ4v) is 6.75. The van der Waals surface area contributed by atoms with Crippen molar-refractivity contribution in [1.29, 1.82) is 0 Å². The van der Waals surface area contributed by atoms with Crippen molar-refractivity contribution in [1.82, 2.24) is 9.88 Å². The Morgan fingerprint density at radius 2 is 1.92 bits per heavy atom. The maximum absolute atomic E-state index is 13.9. The van der Waals surface area contributed by atoms with Crippen LogP contribution in [-0.4, -0.2) is 73.5 Å². The second-order valence-electron chi connectivity index (χ2n) is 10.1. The molecule has 38 heavy (non-hydrogen) atoms. The Bertz CT molecular complexity index is 1500. The molecule has 1 heterocycles. The summed E-state index contributed by atoms with van der Waals surface area (Å²) in [6, 6.07) is 2.00. The normalized spacial score (nSPS) is 27.1. The third-order valence-corrected chi connectivity index (χ3v) is 8.73. The van der Waals surface area contributed by atoms with Crippen LogP contribution >= 0.6 is 11.3 Å².